The lowest BCUT2D eigenvalue weighted by atomic mass is 9.77. The van der Waals surface area contributed by atoms with Gasteiger partial charge < -0.3 is 15.3 Å². The molecule has 0 amide bonds. The average molecular weight is 466 g/mol. The second kappa shape index (κ2) is 8.26. The Labute approximate surface area is 187 Å². The summed E-state index contributed by atoms with van der Waals surface area (Å²) in [5.41, 5.74) is 1.22. The number of piperidine rings is 1. The zero-order valence-corrected chi connectivity index (χ0v) is 18.6. The molecule has 2 N–H and O–H groups in total. The molecular weight excluding hydrogens is 441 g/mol. The summed E-state index contributed by atoms with van der Waals surface area (Å²) in [6.07, 6.45) is 5.89. The maximum atomic E-state index is 15.1. The van der Waals surface area contributed by atoms with Crippen molar-refractivity contribution in [2.75, 3.05) is 35.7 Å². The van der Waals surface area contributed by atoms with Crippen molar-refractivity contribution in [2.45, 2.75) is 54.6 Å². The molecule has 0 aromatic carbocycles. The van der Waals surface area contributed by atoms with Crippen LogP contribution in [0, 0.1) is 0 Å². The molecule has 3 unspecified atom stereocenters. The van der Waals surface area contributed by atoms with Gasteiger partial charge in [0.05, 0.1) is 56.7 Å². The van der Waals surface area contributed by atoms with Gasteiger partial charge in [-0.3, -0.25) is 4.21 Å². The zero-order valence-electron chi connectivity index (χ0n) is 17.1. The number of hydrogen-bond donors (Lipinski definition) is 2. The molecule has 2 aliphatic heterocycles. The first-order valence-corrected chi connectivity index (χ1v) is 12.4. The molecule has 2 aromatic heterocycles. The van der Waals surface area contributed by atoms with E-state index in [4.69, 9.17) is 16.6 Å². The summed E-state index contributed by atoms with van der Waals surface area (Å²) in [6.45, 7) is 0.845. The summed E-state index contributed by atoms with van der Waals surface area (Å²) in [7, 11) is -1.10. The third-order valence-corrected chi connectivity index (χ3v) is 8.31. The number of aliphatic hydroxyl groups excluding tert-OH is 1. The van der Waals surface area contributed by atoms with Gasteiger partial charge in [-0.1, -0.05) is 11.6 Å². The maximum Gasteiger partial charge on any atom is 0.134 e. The summed E-state index contributed by atoms with van der Waals surface area (Å²) in [6, 6.07) is 1.88. The summed E-state index contributed by atoms with van der Waals surface area (Å²) in [4.78, 5) is 15.8. The summed E-state index contributed by atoms with van der Waals surface area (Å²) < 4.78 is 27.7. The molecule has 166 valence electrons. The Bertz CT molecular complexity index is 998. The number of nitrogens with one attached hydrogen (secondary N) is 1. The molecule has 2 aromatic rings. The van der Waals surface area contributed by atoms with E-state index in [2.05, 4.69) is 15.3 Å². The van der Waals surface area contributed by atoms with Gasteiger partial charge in [-0.05, 0) is 25.7 Å². The Morgan fingerprint density at radius 1 is 1.35 bits per heavy atom. The minimum Gasteiger partial charge on any atom is -0.394 e. The third kappa shape index (κ3) is 3.91. The van der Waals surface area contributed by atoms with Crippen LogP contribution < -0.4 is 10.2 Å². The predicted molar refractivity (Wildman–Crippen MR) is 118 cm³/mol. The average Bonchev–Trinajstić information content (AvgIpc) is 3.12. The molecule has 10 heteroatoms. The fraction of sp³-hybridized carbons (Fsp3) is 0.571. The lowest BCUT2D eigenvalue weighted by molar-refractivity contribution is 0.144. The number of pyridine rings is 1. The number of nitrogens with zero attached hydrogens (tertiary/aromatic N) is 4. The standard InChI is InChI=1S/C21H25ClFN5O2S/c22-13-9-24-20(25-10-13)14-2-6-28(11-15(14)23)18-8-17(27-21(12-29)4-1-5-21)19-16(26-18)3-7-31(19)30/h8-10,14-15,29H,1-7,11-12H2,(H,26,27). The molecule has 3 aliphatic rings. The van der Waals surface area contributed by atoms with Gasteiger partial charge in [0.15, 0.2) is 0 Å². The van der Waals surface area contributed by atoms with Crippen molar-refractivity contribution >= 4 is 33.9 Å². The molecule has 4 heterocycles. The summed E-state index contributed by atoms with van der Waals surface area (Å²) >= 11 is 5.85. The predicted octanol–water partition coefficient (Wildman–Crippen LogP) is 2.85. The van der Waals surface area contributed by atoms with Crippen LogP contribution in [0.4, 0.5) is 15.9 Å². The third-order valence-electron chi connectivity index (χ3n) is 6.63. The first-order chi connectivity index (χ1) is 15.0. The number of aliphatic hydroxyl groups is 1. The van der Waals surface area contributed by atoms with Crippen LogP contribution in [-0.4, -0.2) is 61.4 Å². The van der Waals surface area contributed by atoms with Crippen molar-refractivity contribution in [1.29, 1.82) is 0 Å². The molecule has 5 rings (SSSR count). The van der Waals surface area contributed by atoms with Gasteiger partial charge in [0.2, 0.25) is 0 Å². The van der Waals surface area contributed by atoms with Crippen LogP contribution in [-0.2, 0) is 17.2 Å². The lowest BCUT2D eigenvalue weighted by Crippen LogP contribution is -2.48. The van der Waals surface area contributed by atoms with Crippen molar-refractivity contribution < 1.29 is 13.7 Å². The number of fused-ring (bicyclic) bond motifs is 1. The fourth-order valence-electron chi connectivity index (χ4n) is 4.67. The largest absolute Gasteiger partial charge is 0.394 e. The number of aromatic nitrogens is 3. The molecule has 0 spiro atoms. The Kier molecular flexibility index (Phi) is 5.60. The highest BCUT2D eigenvalue weighted by atomic mass is 35.5. The normalized spacial score (nSPS) is 26.9. The minimum absolute atomic E-state index is 0.0328. The van der Waals surface area contributed by atoms with Gasteiger partial charge >= 0.3 is 0 Å². The number of aryl methyl sites for hydroxylation is 1. The Balaban J connectivity index is 1.40. The monoisotopic (exact) mass is 465 g/mol. The Morgan fingerprint density at radius 2 is 2.13 bits per heavy atom. The van der Waals surface area contributed by atoms with Crippen LogP contribution in [0.1, 0.15) is 43.1 Å². The van der Waals surface area contributed by atoms with E-state index in [1.54, 1.807) is 0 Å². The number of alkyl halides is 1. The smallest absolute Gasteiger partial charge is 0.134 e. The highest BCUT2D eigenvalue weighted by molar-refractivity contribution is 7.85. The number of hydrogen-bond acceptors (Lipinski definition) is 7. The van der Waals surface area contributed by atoms with E-state index in [1.165, 1.54) is 12.4 Å². The number of rotatable bonds is 5. The zero-order chi connectivity index (χ0) is 21.6. The van der Waals surface area contributed by atoms with E-state index >= 15 is 4.39 Å². The maximum absolute atomic E-state index is 15.1. The lowest BCUT2D eigenvalue weighted by Gasteiger charge is -2.42. The van der Waals surface area contributed by atoms with Gasteiger partial charge in [-0.15, -0.1) is 0 Å². The number of halogens is 2. The Hall–Kier alpha value is -1.84. The molecular formula is C21H25ClFN5O2S. The van der Waals surface area contributed by atoms with Crippen LogP contribution in [0.15, 0.2) is 23.4 Å². The van der Waals surface area contributed by atoms with Gasteiger partial charge in [-0.25, -0.2) is 19.3 Å². The SMILES string of the molecule is O=S1CCc2nc(N3CCC(c4ncc(Cl)cn4)C(F)C3)cc(NC3(CO)CCC3)c21. The van der Waals surface area contributed by atoms with E-state index in [1.807, 2.05) is 11.0 Å². The minimum atomic E-state index is -1.13. The van der Waals surface area contributed by atoms with Crippen molar-refractivity contribution in [3.05, 3.63) is 35.0 Å². The van der Waals surface area contributed by atoms with Crippen molar-refractivity contribution in [1.82, 2.24) is 15.0 Å². The molecule has 3 atom stereocenters. The van der Waals surface area contributed by atoms with E-state index in [0.717, 1.165) is 35.5 Å². The second-order valence-corrected chi connectivity index (χ2v) is 10.6. The first-order valence-electron chi connectivity index (χ1n) is 10.7. The first kappa shape index (κ1) is 21.0. The second-order valence-electron chi connectivity index (χ2n) is 8.64. The number of anilines is 2. The van der Waals surface area contributed by atoms with E-state index in [9.17, 15) is 9.32 Å². The molecule has 7 nitrogen and oxygen atoms in total. The quantitative estimate of drug-likeness (QED) is 0.701. The van der Waals surface area contributed by atoms with Gasteiger partial charge in [0.25, 0.3) is 0 Å². The van der Waals surface area contributed by atoms with Gasteiger partial charge in [0, 0.05) is 37.2 Å². The summed E-state index contributed by atoms with van der Waals surface area (Å²) in [5, 5.41) is 13.8. The van der Waals surface area contributed by atoms with Crippen molar-refractivity contribution in [2.24, 2.45) is 0 Å². The van der Waals surface area contributed by atoms with Crippen LogP contribution >= 0.6 is 11.6 Å². The Morgan fingerprint density at radius 3 is 2.77 bits per heavy atom. The molecule has 0 radical (unpaired) electrons. The fourth-order valence-corrected chi connectivity index (χ4v) is 6.12. The van der Waals surface area contributed by atoms with Crippen LogP contribution in [0.2, 0.25) is 5.02 Å². The van der Waals surface area contributed by atoms with Crippen LogP contribution in [0.3, 0.4) is 0 Å². The highest BCUT2D eigenvalue weighted by Gasteiger charge is 2.39. The molecule has 1 saturated heterocycles. The molecule has 31 heavy (non-hydrogen) atoms. The summed E-state index contributed by atoms with van der Waals surface area (Å²) in [5.74, 6) is 1.34. The van der Waals surface area contributed by atoms with E-state index in [-0.39, 0.29) is 24.6 Å². The highest BCUT2D eigenvalue weighted by Crippen LogP contribution is 2.40. The van der Waals surface area contributed by atoms with Crippen LogP contribution in [0.5, 0.6) is 0 Å². The van der Waals surface area contributed by atoms with E-state index < -0.39 is 17.0 Å². The van der Waals surface area contributed by atoms with Crippen molar-refractivity contribution in [3.8, 4) is 0 Å². The molecule has 0 bridgehead atoms. The topological polar surface area (TPSA) is 91.2 Å². The van der Waals surface area contributed by atoms with Gasteiger partial charge in [-0.2, -0.15) is 0 Å². The van der Waals surface area contributed by atoms with Crippen molar-refractivity contribution in [3.63, 3.8) is 0 Å². The van der Waals surface area contributed by atoms with Gasteiger partial charge in [0.1, 0.15) is 17.8 Å². The van der Waals surface area contributed by atoms with E-state index in [0.29, 0.717) is 41.8 Å². The molecule has 1 saturated carbocycles. The molecule has 1 aliphatic carbocycles. The molecule has 2 fully saturated rings. The van der Waals surface area contributed by atoms with Crippen LogP contribution in [0.25, 0.3) is 0 Å².